The van der Waals surface area contributed by atoms with Gasteiger partial charge in [0.25, 0.3) is 5.91 Å². The van der Waals surface area contributed by atoms with Crippen LogP contribution in [0.3, 0.4) is 0 Å². The standard InChI is InChI=1S/C10H11ClN2O4/c11-7(6-1-2-6)5-12-10(14)8-3-4-9(17-8)13(15)16/h3-4,6-7H,1-2,5H2,(H,12,14). The third kappa shape index (κ3) is 2.97. The molecule has 7 heteroatoms. The first kappa shape index (κ1) is 11.9. The van der Waals surface area contributed by atoms with Gasteiger partial charge in [-0.2, -0.15) is 0 Å². The molecule has 1 saturated carbocycles. The van der Waals surface area contributed by atoms with Crippen LogP contribution in [-0.2, 0) is 0 Å². The molecule has 1 N–H and O–H groups in total. The minimum atomic E-state index is -0.689. The molecule has 1 heterocycles. The SMILES string of the molecule is O=C(NCC(Cl)C1CC1)c1ccc([N+](=O)[O-])o1. The first-order valence-electron chi connectivity index (χ1n) is 5.24. The van der Waals surface area contributed by atoms with E-state index < -0.39 is 16.7 Å². The Bertz CT molecular complexity index is 441. The number of carbonyl (C=O) groups excluding carboxylic acids is 1. The molecule has 0 bridgehead atoms. The van der Waals surface area contributed by atoms with Crippen LogP contribution in [-0.4, -0.2) is 22.8 Å². The number of rotatable bonds is 5. The zero-order valence-electron chi connectivity index (χ0n) is 8.89. The van der Waals surface area contributed by atoms with Crippen LogP contribution in [0, 0.1) is 16.0 Å². The van der Waals surface area contributed by atoms with E-state index in [1.165, 1.54) is 6.07 Å². The average Bonchev–Trinajstić information content (AvgIpc) is 3.02. The Morgan fingerprint density at radius 3 is 2.88 bits per heavy atom. The highest BCUT2D eigenvalue weighted by Gasteiger charge is 2.30. The Morgan fingerprint density at radius 2 is 2.35 bits per heavy atom. The first-order valence-corrected chi connectivity index (χ1v) is 5.68. The number of furan rings is 1. The maximum atomic E-state index is 11.5. The molecule has 1 amide bonds. The molecule has 1 aromatic rings. The first-order chi connectivity index (χ1) is 8.08. The second-order valence-corrected chi connectivity index (χ2v) is 4.52. The Morgan fingerprint density at radius 1 is 1.65 bits per heavy atom. The molecule has 0 aliphatic heterocycles. The van der Waals surface area contributed by atoms with Gasteiger partial charge >= 0.3 is 5.88 Å². The maximum absolute atomic E-state index is 11.5. The van der Waals surface area contributed by atoms with Crippen LogP contribution < -0.4 is 5.32 Å². The van der Waals surface area contributed by atoms with Gasteiger partial charge in [0.2, 0.25) is 0 Å². The zero-order valence-corrected chi connectivity index (χ0v) is 9.64. The van der Waals surface area contributed by atoms with Crippen molar-refractivity contribution in [1.29, 1.82) is 0 Å². The highest BCUT2D eigenvalue weighted by molar-refractivity contribution is 6.21. The number of hydrogen-bond acceptors (Lipinski definition) is 4. The van der Waals surface area contributed by atoms with Crippen molar-refractivity contribution in [3.05, 3.63) is 28.0 Å². The van der Waals surface area contributed by atoms with Gasteiger partial charge in [-0.05, 0) is 24.8 Å². The summed E-state index contributed by atoms with van der Waals surface area (Å²) in [6.07, 6.45) is 2.19. The summed E-state index contributed by atoms with van der Waals surface area (Å²) in [7, 11) is 0. The molecule has 0 aromatic carbocycles. The van der Waals surface area contributed by atoms with Crippen LogP contribution >= 0.6 is 11.6 Å². The number of nitrogens with zero attached hydrogens (tertiary/aromatic N) is 1. The molecule has 2 rings (SSSR count). The van der Waals surface area contributed by atoms with Crippen molar-refractivity contribution in [2.45, 2.75) is 18.2 Å². The van der Waals surface area contributed by atoms with Gasteiger partial charge in [0.05, 0.1) is 11.4 Å². The Kier molecular flexibility index (Phi) is 3.33. The summed E-state index contributed by atoms with van der Waals surface area (Å²) in [4.78, 5) is 21.2. The summed E-state index contributed by atoms with van der Waals surface area (Å²) < 4.78 is 4.76. The molecule has 6 nitrogen and oxygen atoms in total. The highest BCUT2D eigenvalue weighted by Crippen LogP contribution is 2.35. The summed E-state index contributed by atoms with van der Waals surface area (Å²) in [6, 6.07) is 2.42. The van der Waals surface area contributed by atoms with E-state index >= 15 is 0 Å². The second-order valence-electron chi connectivity index (χ2n) is 3.96. The predicted octanol–water partition coefficient (Wildman–Crippen LogP) is 1.93. The second kappa shape index (κ2) is 4.75. The summed E-state index contributed by atoms with van der Waals surface area (Å²) in [5.74, 6) is -0.525. The van der Waals surface area contributed by atoms with Gasteiger partial charge in [0.15, 0.2) is 5.76 Å². The summed E-state index contributed by atoms with van der Waals surface area (Å²) in [5.41, 5.74) is 0. The van der Waals surface area contributed by atoms with E-state index in [1.54, 1.807) is 0 Å². The van der Waals surface area contributed by atoms with Crippen molar-refractivity contribution in [2.24, 2.45) is 5.92 Å². The Labute approximate surface area is 102 Å². The van der Waals surface area contributed by atoms with Gasteiger partial charge in [-0.25, -0.2) is 0 Å². The largest absolute Gasteiger partial charge is 0.433 e. The maximum Gasteiger partial charge on any atom is 0.433 e. The fourth-order valence-electron chi connectivity index (χ4n) is 1.45. The number of carbonyl (C=O) groups is 1. The topological polar surface area (TPSA) is 85.4 Å². The third-order valence-electron chi connectivity index (χ3n) is 2.59. The van der Waals surface area contributed by atoms with Crippen LogP contribution in [0.4, 0.5) is 5.88 Å². The molecule has 1 aliphatic carbocycles. The van der Waals surface area contributed by atoms with Crippen LogP contribution in [0.1, 0.15) is 23.4 Å². The normalized spacial score (nSPS) is 16.5. The van der Waals surface area contributed by atoms with Crippen molar-refractivity contribution < 1.29 is 14.1 Å². The lowest BCUT2D eigenvalue weighted by Gasteiger charge is -2.07. The summed E-state index contributed by atoms with van der Waals surface area (Å²) in [6.45, 7) is 0.347. The van der Waals surface area contributed by atoms with Crippen molar-refractivity contribution in [3.8, 4) is 0 Å². The molecule has 0 spiro atoms. The van der Waals surface area contributed by atoms with E-state index in [0.717, 1.165) is 18.9 Å². The molecule has 1 atom stereocenters. The summed E-state index contributed by atoms with van der Waals surface area (Å²) in [5, 5.41) is 12.9. The molecule has 0 saturated heterocycles. The number of nitro groups is 1. The van der Waals surface area contributed by atoms with Gasteiger partial charge in [0.1, 0.15) is 4.92 Å². The van der Waals surface area contributed by atoms with Gasteiger partial charge in [-0.3, -0.25) is 14.9 Å². The van der Waals surface area contributed by atoms with E-state index in [9.17, 15) is 14.9 Å². The number of hydrogen-bond donors (Lipinski definition) is 1. The minimum absolute atomic E-state index is 0.0728. The van der Waals surface area contributed by atoms with Gasteiger partial charge in [-0.1, -0.05) is 0 Å². The fourth-order valence-corrected chi connectivity index (χ4v) is 1.78. The molecular formula is C10H11ClN2O4. The molecule has 17 heavy (non-hydrogen) atoms. The average molecular weight is 259 g/mol. The molecular weight excluding hydrogens is 248 g/mol. The highest BCUT2D eigenvalue weighted by atomic mass is 35.5. The van der Waals surface area contributed by atoms with Crippen molar-refractivity contribution >= 4 is 23.4 Å². The Balaban J connectivity index is 1.87. The summed E-state index contributed by atoms with van der Waals surface area (Å²) >= 11 is 6.01. The third-order valence-corrected chi connectivity index (χ3v) is 3.10. The Hall–Kier alpha value is -1.56. The molecule has 1 fully saturated rings. The monoisotopic (exact) mass is 258 g/mol. The lowest BCUT2D eigenvalue weighted by molar-refractivity contribution is -0.402. The number of alkyl halides is 1. The van der Waals surface area contributed by atoms with Gasteiger partial charge in [-0.15, -0.1) is 11.6 Å². The lowest BCUT2D eigenvalue weighted by Crippen LogP contribution is -2.30. The smallest absolute Gasteiger partial charge is 0.395 e. The van der Waals surface area contributed by atoms with Crippen molar-refractivity contribution in [3.63, 3.8) is 0 Å². The molecule has 1 aromatic heterocycles. The van der Waals surface area contributed by atoms with Crippen LogP contribution in [0.5, 0.6) is 0 Å². The van der Waals surface area contributed by atoms with Crippen molar-refractivity contribution in [2.75, 3.05) is 6.54 Å². The number of amides is 1. The van der Waals surface area contributed by atoms with E-state index in [2.05, 4.69) is 5.32 Å². The van der Waals surface area contributed by atoms with Gasteiger partial charge < -0.3 is 9.73 Å². The van der Waals surface area contributed by atoms with Crippen LogP contribution in [0.15, 0.2) is 16.5 Å². The van der Waals surface area contributed by atoms with Crippen LogP contribution in [0.2, 0.25) is 0 Å². The number of halogens is 1. The fraction of sp³-hybridized carbons (Fsp3) is 0.500. The minimum Gasteiger partial charge on any atom is -0.395 e. The quantitative estimate of drug-likeness (QED) is 0.497. The predicted molar refractivity (Wildman–Crippen MR) is 60.1 cm³/mol. The van der Waals surface area contributed by atoms with E-state index in [4.69, 9.17) is 16.0 Å². The van der Waals surface area contributed by atoms with Crippen LogP contribution in [0.25, 0.3) is 0 Å². The van der Waals surface area contributed by atoms with E-state index in [-0.39, 0.29) is 11.1 Å². The molecule has 92 valence electrons. The molecule has 1 unspecified atom stereocenters. The van der Waals surface area contributed by atoms with Crippen molar-refractivity contribution in [1.82, 2.24) is 5.32 Å². The van der Waals surface area contributed by atoms with E-state index in [1.807, 2.05) is 0 Å². The molecule has 1 aliphatic rings. The number of nitrogens with one attached hydrogen (secondary N) is 1. The van der Waals surface area contributed by atoms with E-state index in [0.29, 0.717) is 12.5 Å². The van der Waals surface area contributed by atoms with Gasteiger partial charge in [0, 0.05) is 6.54 Å². The molecule has 0 radical (unpaired) electrons. The zero-order chi connectivity index (χ0) is 12.4. The lowest BCUT2D eigenvalue weighted by atomic mass is 10.3.